The van der Waals surface area contributed by atoms with Crippen molar-refractivity contribution in [2.24, 2.45) is 17.1 Å². The van der Waals surface area contributed by atoms with E-state index in [0.717, 1.165) is 24.0 Å². The first-order valence-electron chi connectivity index (χ1n) is 6.40. The fourth-order valence-corrected chi connectivity index (χ4v) is 2.46. The summed E-state index contributed by atoms with van der Waals surface area (Å²) in [5.74, 6) is -0.235. The van der Waals surface area contributed by atoms with Crippen molar-refractivity contribution in [3.05, 3.63) is 29.6 Å². The minimum absolute atomic E-state index is 0.187. The van der Waals surface area contributed by atoms with Gasteiger partial charge in [-0.2, -0.15) is 0 Å². The number of pyridine rings is 1. The molecule has 18 heavy (non-hydrogen) atoms. The van der Waals surface area contributed by atoms with Crippen LogP contribution >= 0.6 is 0 Å². The molecule has 1 fully saturated rings. The Morgan fingerprint density at radius 1 is 1.56 bits per heavy atom. The van der Waals surface area contributed by atoms with E-state index in [2.05, 4.69) is 4.98 Å². The van der Waals surface area contributed by atoms with Gasteiger partial charge in [0.25, 0.3) is 0 Å². The second-order valence-corrected chi connectivity index (χ2v) is 5.48. The van der Waals surface area contributed by atoms with Crippen LogP contribution < -0.4 is 5.73 Å². The van der Waals surface area contributed by atoms with Gasteiger partial charge in [-0.25, -0.2) is 0 Å². The molecule has 0 bridgehead atoms. The predicted octanol–water partition coefficient (Wildman–Crippen LogP) is 1.76. The van der Waals surface area contributed by atoms with Crippen molar-refractivity contribution in [3.63, 3.8) is 0 Å². The molecule has 0 aromatic carbocycles. The molecule has 4 heteroatoms. The van der Waals surface area contributed by atoms with Gasteiger partial charge in [0.15, 0.2) is 0 Å². The first-order chi connectivity index (χ1) is 8.55. The molecule has 1 aliphatic rings. The quantitative estimate of drug-likeness (QED) is 0.804. The third-order valence-corrected chi connectivity index (χ3v) is 3.69. The molecular formula is C14H20N2O2. The average Bonchev–Trinajstić information content (AvgIpc) is 3.11. The van der Waals surface area contributed by atoms with E-state index in [0.29, 0.717) is 18.8 Å². The van der Waals surface area contributed by atoms with Gasteiger partial charge in [-0.05, 0) is 36.8 Å². The molecule has 0 saturated heterocycles. The molecule has 1 heterocycles. The summed E-state index contributed by atoms with van der Waals surface area (Å²) in [5, 5.41) is 9.53. The second-order valence-electron chi connectivity index (χ2n) is 5.48. The maximum Gasteiger partial charge on any atom is 0.311 e. The number of hydrogen-bond donors (Lipinski definition) is 2. The molecule has 1 atom stereocenters. The normalized spacial score (nSPS) is 18.3. The lowest BCUT2D eigenvalue weighted by atomic mass is 9.77. The molecule has 0 aliphatic heterocycles. The van der Waals surface area contributed by atoms with Gasteiger partial charge in [0.05, 0.1) is 5.41 Å². The molecule has 0 amide bonds. The highest BCUT2D eigenvalue weighted by molar-refractivity contribution is 5.75. The number of aliphatic carboxylic acids is 1. The first kappa shape index (κ1) is 13.0. The maximum atomic E-state index is 11.6. The molecule has 4 nitrogen and oxygen atoms in total. The monoisotopic (exact) mass is 248 g/mol. The Morgan fingerprint density at radius 2 is 2.28 bits per heavy atom. The van der Waals surface area contributed by atoms with Crippen LogP contribution in [0.1, 0.15) is 30.4 Å². The van der Waals surface area contributed by atoms with Crippen LogP contribution in [0.3, 0.4) is 0 Å². The van der Waals surface area contributed by atoms with E-state index in [9.17, 15) is 9.90 Å². The molecule has 2 rings (SSSR count). The van der Waals surface area contributed by atoms with E-state index in [1.807, 2.05) is 13.0 Å². The summed E-state index contributed by atoms with van der Waals surface area (Å²) in [5.41, 5.74) is 6.96. The molecule has 1 aromatic rings. The van der Waals surface area contributed by atoms with E-state index in [-0.39, 0.29) is 6.54 Å². The standard InChI is InChI=1S/C14H20N2O2/c1-10-4-12(8-16-7-10)6-14(9-15,13(17)18)5-11-2-3-11/h4,7-8,11H,2-3,5-6,9,15H2,1H3,(H,17,18). The Labute approximate surface area is 107 Å². The molecule has 98 valence electrons. The van der Waals surface area contributed by atoms with Crippen molar-refractivity contribution < 1.29 is 9.90 Å². The highest BCUT2D eigenvalue weighted by Crippen LogP contribution is 2.41. The molecule has 1 aromatic heterocycles. The summed E-state index contributed by atoms with van der Waals surface area (Å²) in [6, 6.07) is 1.99. The zero-order valence-corrected chi connectivity index (χ0v) is 10.7. The molecule has 3 N–H and O–H groups in total. The fraction of sp³-hybridized carbons (Fsp3) is 0.571. The largest absolute Gasteiger partial charge is 0.481 e. The molecule has 1 saturated carbocycles. The number of nitrogens with zero attached hydrogens (tertiary/aromatic N) is 1. The molecule has 0 spiro atoms. The van der Waals surface area contributed by atoms with Gasteiger partial charge < -0.3 is 10.8 Å². The van der Waals surface area contributed by atoms with Crippen molar-refractivity contribution in [1.82, 2.24) is 4.98 Å². The van der Waals surface area contributed by atoms with E-state index in [1.54, 1.807) is 12.4 Å². The number of aryl methyl sites for hydroxylation is 1. The molecule has 1 aliphatic carbocycles. The lowest BCUT2D eigenvalue weighted by Gasteiger charge is -2.28. The summed E-state index contributed by atoms with van der Waals surface area (Å²) >= 11 is 0. The van der Waals surface area contributed by atoms with Crippen molar-refractivity contribution in [3.8, 4) is 0 Å². The van der Waals surface area contributed by atoms with Gasteiger partial charge in [0.2, 0.25) is 0 Å². The first-order valence-corrected chi connectivity index (χ1v) is 6.40. The predicted molar refractivity (Wildman–Crippen MR) is 69.1 cm³/mol. The smallest absolute Gasteiger partial charge is 0.311 e. The van der Waals surface area contributed by atoms with Gasteiger partial charge >= 0.3 is 5.97 Å². The number of carboxylic acids is 1. The topological polar surface area (TPSA) is 76.2 Å². The molecule has 1 unspecified atom stereocenters. The number of rotatable bonds is 6. The van der Waals surface area contributed by atoms with Crippen LogP contribution in [0.2, 0.25) is 0 Å². The second kappa shape index (κ2) is 5.06. The van der Waals surface area contributed by atoms with Crippen LogP contribution in [-0.2, 0) is 11.2 Å². The number of carbonyl (C=O) groups is 1. The van der Waals surface area contributed by atoms with E-state index < -0.39 is 11.4 Å². The van der Waals surface area contributed by atoms with Gasteiger partial charge in [0, 0.05) is 18.9 Å². The van der Waals surface area contributed by atoms with Crippen LogP contribution in [0.5, 0.6) is 0 Å². The van der Waals surface area contributed by atoms with Crippen LogP contribution in [0.15, 0.2) is 18.5 Å². The number of carboxylic acid groups (broad SMARTS) is 1. The van der Waals surface area contributed by atoms with Crippen LogP contribution in [0.25, 0.3) is 0 Å². The van der Waals surface area contributed by atoms with Crippen LogP contribution in [-0.4, -0.2) is 22.6 Å². The Morgan fingerprint density at radius 3 is 2.78 bits per heavy atom. The zero-order valence-electron chi connectivity index (χ0n) is 10.7. The number of hydrogen-bond acceptors (Lipinski definition) is 3. The van der Waals surface area contributed by atoms with Gasteiger partial charge in [-0.15, -0.1) is 0 Å². The van der Waals surface area contributed by atoms with E-state index >= 15 is 0 Å². The summed E-state index contributed by atoms with van der Waals surface area (Å²) < 4.78 is 0. The van der Waals surface area contributed by atoms with Crippen molar-refractivity contribution >= 4 is 5.97 Å². The third kappa shape index (κ3) is 2.88. The van der Waals surface area contributed by atoms with Crippen molar-refractivity contribution in [2.75, 3.05) is 6.54 Å². The Kier molecular flexibility index (Phi) is 3.66. The summed E-state index contributed by atoms with van der Waals surface area (Å²) in [4.78, 5) is 15.7. The summed E-state index contributed by atoms with van der Waals surface area (Å²) in [7, 11) is 0. The lowest BCUT2D eigenvalue weighted by Crippen LogP contribution is -2.41. The Hall–Kier alpha value is -1.42. The van der Waals surface area contributed by atoms with Crippen LogP contribution in [0.4, 0.5) is 0 Å². The Balaban J connectivity index is 2.20. The van der Waals surface area contributed by atoms with Gasteiger partial charge in [-0.1, -0.05) is 18.9 Å². The minimum Gasteiger partial charge on any atom is -0.481 e. The minimum atomic E-state index is -0.823. The van der Waals surface area contributed by atoms with Crippen LogP contribution in [0, 0.1) is 18.3 Å². The maximum absolute atomic E-state index is 11.6. The van der Waals surface area contributed by atoms with E-state index in [4.69, 9.17) is 5.73 Å². The van der Waals surface area contributed by atoms with Gasteiger partial charge in [0.1, 0.15) is 0 Å². The number of aromatic nitrogens is 1. The lowest BCUT2D eigenvalue weighted by molar-refractivity contribution is -0.149. The summed E-state index contributed by atoms with van der Waals surface area (Å²) in [6.07, 6.45) is 6.96. The highest BCUT2D eigenvalue weighted by atomic mass is 16.4. The average molecular weight is 248 g/mol. The van der Waals surface area contributed by atoms with Crippen molar-refractivity contribution in [2.45, 2.75) is 32.6 Å². The fourth-order valence-electron chi connectivity index (χ4n) is 2.46. The van der Waals surface area contributed by atoms with E-state index in [1.165, 1.54) is 0 Å². The van der Waals surface area contributed by atoms with Gasteiger partial charge in [-0.3, -0.25) is 9.78 Å². The van der Waals surface area contributed by atoms with Crippen molar-refractivity contribution in [1.29, 1.82) is 0 Å². The molecule has 0 radical (unpaired) electrons. The highest BCUT2D eigenvalue weighted by Gasteiger charge is 2.42. The Bertz CT molecular complexity index is 443. The zero-order chi connectivity index (χ0) is 13.2. The third-order valence-electron chi connectivity index (χ3n) is 3.69. The summed E-state index contributed by atoms with van der Waals surface area (Å²) in [6.45, 7) is 2.15. The molecular weight excluding hydrogens is 228 g/mol. The SMILES string of the molecule is Cc1cncc(CC(CN)(CC2CC2)C(=O)O)c1. The number of nitrogens with two attached hydrogens (primary N) is 1.